The first-order chi connectivity index (χ1) is 8.33. The van der Waals surface area contributed by atoms with Gasteiger partial charge in [-0.25, -0.2) is 0 Å². The minimum Gasteiger partial charge on any atom is -0.339 e. The zero-order chi connectivity index (χ0) is 11.7. The summed E-state index contributed by atoms with van der Waals surface area (Å²) in [6, 6.07) is 7.47. The van der Waals surface area contributed by atoms with Crippen molar-refractivity contribution in [3.05, 3.63) is 35.2 Å². The molecule has 0 radical (unpaired) electrons. The Kier molecular flexibility index (Phi) is 2.82. The average Bonchev–Trinajstić information content (AvgIpc) is 3.00. The predicted molar refractivity (Wildman–Crippen MR) is 65.0 cm³/mol. The maximum Gasteiger partial charge on any atom is 0.231 e. The van der Waals surface area contributed by atoms with Crippen molar-refractivity contribution in [2.24, 2.45) is 0 Å². The van der Waals surface area contributed by atoms with Crippen LogP contribution in [0.4, 0.5) is 0 Å². The molecule has 1 atom stereocenters. The summed E-state index contributed by atoms with van der Waals surface area (Å²) in [5.41, 5.74) is 0.887. The van der Waals surface area contributed by atoms with Crippen LogP contribution >= 0.6 is 11.6 Å². The molecule has 1 unspecified atom stereocenters. The molecule has 1 aromatic heterocycles. The second-order valence-electron chi connectivity index (χ2n) is 4.16. The van der Waals surface area contributed by atoms with E-state index in [9.17, 15) is 0 Å². The van der Waals surface area contributed by atoms with Gasteiger partial charge in [0, 0.05) is 17.1 Å². The van der Waals surface area contributed by atoms with Crippen LogP contribution in [0.2, 0.25) is 5.02 Å². The van der Waals surface area contributed by atoms with Gasteiger partial charge >= 0.3 is 0 Å². The summed E-state index contributed by atoms with van der Waals surface area (Å²) in [5, 5.41) is 7.96. The van der Waals surface area contributed by atoms with Gasteiger partial charge in [0.25, 0.3) is 0 Å². The molecular formula is C12H12ClN3O. The van der Waals surface area contributed by atoms with Crippen LogP contribution in [0, 0.1) is 0 Å². The van der Waals surface area contributed by atoms with E-state index in [1.165, 1.54) is 0 Å². The van der Waals surface area contributed by atoms with Crippen molar-refractivity contribution < 1.29 is 4.52 Å². The molecule has 1 aliphatic rings. The molecular weight excluding hydrogens is 238 g/mol. The van der Waals surface area contributed by atoms with E-state index in [0.717, 1.165) is 25.1 Å². The molecule has 0 spiro atoms. The van der Waals surface area contributed by atoms with Crippen LogP contribution in [0.15, 0.2) is 28.8 Å². The number of nitrogens with zero attached hydrogens (tertiary/aromatic N) is 2. The fraction of sp³-hybridized carbons (Fsp3) is 0.333. The second-order valence-corrected chi connectivity index (χ2v) is 4.59. The molecule has 1 saturated heterocycles. The third-order valence-electron chi connectivity index (χ3n) is 2.93. The molecule has 5 heteroatoms. The van der Waals surface area contributed by atoms with Gasteiger partial charge in [-0.05, 0) is 25.1 Å². The van der Waals surface area contributed by atoms with Gasteiger partial charge in [0.05, 0.1) is 5.92 Å². The SMILES string of the molecule is Clc1cccc(-c2noc(C3CCNC3)n2)c1. The molecule has 88 valence electrons. The minimum atomic E-state index is 0.343. The Bertz CT molecular complexity index is 520. The average molecular weight is 250 g/mol. The first kappa shape index (κ1) is 10.7. The van der Waals surface area contributed by atoms with Gasteiger partial charge < -0.3 is 9.84 Å². The fourth-order valence-electron chi connectivity index (χ4n) is 2.01. The van der Waals surface area contributed by atoms with Crippen molar-refractivity contribution in [1.82, 2.24) is 15.5 Å². The first-order valence-corrected chi connectivity index (χ1v) is 6.01. The molecule has 0 aliphatic carbocycles. The molecule has 3 rings (SSSR count). The van der Waals surface area contributed by atoms with Crippen LogP contribution in [-0.4, -0.2) is 23.2 Å². The minimum absolute atomic E-state index is 0.343. The van der Waals surface area contributed by atoms with Crippen molar-refractivity contribution in [3.63, 3.8) is 0 Å². The van der Waals surface area contributed by atoms with Gasteiger partial charge in [-0.3, -0.25) is 0 Å². The van der Waals surface area contributed by atoms with E-state index in [2.05, 4.69) is 15.5 Å². The normalized spacial score (nSPS) is 19.7. The lowest BCUT2D eigenvalue weighted by Crippen LogP contribution is -2.08. The Morgan fingerprint density at radius 1 is 1.41 bits per heavy atom. The van der Waals surface area contributed by atoms with Crippen LogP contribution in [0.1, 0.15) is 18.2 Å². The standard InChI is InChI=1S/C12H12ClN3O/c13-10-3-1-2-8(6-10)11-15-12(17-16-11)9-4-5-14-7-9/h1-3,6,9,14H,4-5,7H2. The summed E-state index contributed by atoms with van der Waals surface area (Å²) in [7, 11) is 0. The van der Waals surface area contributed by atoms with E-state index in [1.54, 1.807) is 0 Å². The lowest BCUT2D eigenvalue weighted by Gasteiger charge is -1.98. The molecule has 2 aromatic rings. The Balaban J connectivity index is 1.89. The Morgan fingerprint density at radius 3 is 3.12 bits per heavy atom. The van der Waals surface area contributed by atoms with E-state index in [4.69, 9.17) is 16.1 Å². The number of halogens is 1. The highest BCUT2D eigenvalue weighted by Crippen LogP contribution is 2.24. The zero-order valence-corrected chi connectivity index (χ0v) is 9.94. The highest BCUT2D eigenvalue weighted by molar-refractivity contribution is 6.30. The summed E-state index contributed by atoms with van der Waals surface area (Å²) in [5.74, 6) is 1.66. The summed E-state index contributed by atoms with van der Waals surface area (Å²) in [6.07, 6.45) is 1.05. The number of nitrogens with one attached hydrogen (secondary N) is 1. The van der Waals surface area contributed by atoms with Crippen LogP contribution in [0.5, 0.6) is 0 Å². The lowest BCUT2D eigenvalue weighted by atomic mass is 10.1. The molecule has 17 heavy (non-hydrogen) atoms. The Labute approximate surface area is 104 Å². The first-order valence-electron chi connectivity index (χ1n) is 5.63. The maximum absolute atomic E-state index is 5.93. The van der Waals surface area contributed by atoms with Gasteiger partial charge in [-0.2, -0.15) is 4.98 Å². The van der Waals surface area contributed by atoms with Gasteiger partial charge in [0.15, 0.2) is 0 Å². The van der Waals surface area contributed by atoms with E-state index in [0.29, 0.717) is 22.7 Å². The molecule has 1 aromatic carbocycles. The highest BCUT2D eigenvalue weighted by atomic mass is 35.5. The summed E-state index contributed by atoms with van der Waals surface area (Å²) in [4.78, 5) is 4.43. The van der Waals surface area contributed by atoms with Gasteiger partial charge in [-0.15, -0.1) is 0 Å². The van der Waals surface area contributed by atoms with Crippen molar-refractivity contribution in [3.8, 4) is 11.4 Å². The zero-order valence-electron chi connectivity index (χ0n) is 9.19. The Morgan fingerprint density at radius 2 is 2.35 bits per heavy atom. The van der Waals surface area contributed by atoms with Gasteiger partial charge in [0.1, 0.15) is 0 Å². The maximum atomic E-state index is 5.93. The van der Waals surface area contributed by atoms with E-state index in [-0.39, 0.29) is 0 Å². The summed E-state index contributed by atoms with van der Waals surface area (Å²) >= 11 is 5.93. The number of aromatic nitrogens is 2. The van der Waals surface area contributed by atoms with Gasteiger partial charge in [0.2, 0.25) is 11.7 Å². The third kappa shape index (κ3) is 2.18. The number of rotatable bonds is 2. The smallest absolute Gasteiger partial charge is 0.231 e. The van der Waals surface area contributed by atoms with Crippen molar-refractivity contribution in [1.29, 1.82) is 0 Å². The van der Waals surface area contributed by atoms with Crippen LogP contribution < -0.4 is 5.32 Å². The molecule has 0 saturated carbocycles. The molecule has 1 fully saturated rings. The monoisotopic (exact) mass is 249 g/mol. The van der Waals surface area contributed by atoms with Crippen molar-refractivity contribution in [2.75, 3.05) is 13.1 Å². The van der Waals surface area contributed by atoms with Gasteiger partial charge in [-0.1, -0.05) is 28.9 Å². The quantitative estimate of drug-likeness (QED) is 0.888. The second kappa shape index (κ2) is 4.47. The predicted octanol–water partition coefficient (Wildman–Crippen LogP) is 2.47. The van der Waals surface area contributed by atoms with E-state index < -0.39 is 0 Å². The number of hydrogen-bond donors (Lipinski definition) is 1. The Hall–Kier alpha value is -1.39. The van der Waals surface area contributed by atoms with Crippen LogP contribution in [0.25, 0.3) is 11.4 Å². The lowest BCUT2D eigenvalue weighted by molar-refractivity contribution is 0.359. The van der Waals surface area contributed by atoms with E-state index in [1.807, 2.05) is 24.3 Å². The van der Waals surface area contributed by atoms with Crippen LogP contribution in [-0.2, 0) is 0 Å². The highest BCUT2D eigenvalue weighted by Gasteiger charge is 2.22. The van der Waals surface area contributed by atoms with Crippen molar-refractivity contribution >= 4 is 11.6 Å². The largest absolute Gasteiger partial charge is 0.339 e. The van der Waals surface area contributed by atoms with Crippen LogP contribution in [0.3, 0.4) is 0 Å². The molecule has 1 N–H and O–H groups in total. The molecule has 1 aliphatic heterocycles. The molecule has 2 heterocycles. The van der Waals surface area contributed by atoms with E-state index >= 15 is 0 Å². The fourth-order valence-corrected chi connectivity index (χ4v) is 2.20. The summed E-state index contributed by atoms with van der Waals surface area (Å²) in [6.45, 7) is 1.93. The molecule has 0 bridgehead atoms. The topological polar surface area (TPSA) is 51.0 Å². The number of hydrogen-bond acceptors (Lipinski definition) is 4. The van der Waals surface area contributed by atoms with Crippen molar-refractivity contribution in [2.45, 2.75) is 12.3 Å². The third-order valence-corrected chi connectivity index (χ3v) is 3.17. The molecule has 4 nitrogen and oxygen atoms in total. The number of benzene rings is 1. The molecule has 0 amide bonds. The summed E-state index contributed by atoms with van der Waals surface area (Å²) < 4.78 is 5.30.